The lowest BCUT2D eigenvalue weighted by molar-refractivity contribution is 0.321. The van der Waals surface area contributed by atoms with Gasteiger partial charge in [-0.25, -0.2) is 0 Å². The van der Waals surface area contributed by atoms with Crippen LogP contribution in [0.25, 0.3) is 0 Å². The van der Waals surface area contributed by atoms with Crippen LogP contribution in [-0.2, 0) is 13.0 Å². The molecule has 0 aliphatic heterocycles. The van der Waals surface area contributed by atoms with Crippen molar-refractivity contribution in [1.82, 2.24) is 15.1 Å². The minimum absolute atomic E-state index is 0.795. The summed E-state index contributed by atoms with van der Waals surface area (Å²) in [6.07, 6.45) is 12.4. The Morgan fingerprint density at radius 3 is 2.79 bits per heavy atom. The van der Waals surface area contributed by atoms with E-state index in [4.69, 9.17) is 0 Å². The maximum atomic E-state index is 4.41. The van der Waals surface area contributed by atoms with Crippen molar-refractivity contribution in [3.05, 3.63) is 18.0 Å². The SMILES string of the molecule is CCCNCC(Cc1cnn(CC)c1)C1CCCC1. The van der Waals surface area contributed by atoms with Gasteiger partial charge in [-0.05, 0) is 50.3 Å². The van der Waals surface area contributed by atoms with Gasteiger partial charge >= 0.3 is 0 Å². The van der Waals surface area contributed by atoms with Gasteiger partial charge in [0.25, 0.3) is 0 Å². The Hall–Kier alpha value is -0.830. The smallest absolute Gasteiger partial charge is 0.0521 e. The lowest BCUT2D eigenvalue weighted by Gasteiger charge is -2.23. The quantitative estimate of drug-likeness (QED) is 0.730. The highest BCUT2D eigenvalue weighted by atomic mass is 15.3. The van der Waals surface area contributed by atoms with Crippen LogP contribution in [0.3, 0.4) is 0 Å². The first-order valence-electron chi connectivity index (χ1n) is 8.05. The predicted molar refractivity (Wildman–Crippen MR) is 80.2 cm³/mol. The van der Waals surface area contributed by atoms with E-state index in [9.17, 15) is 0 Å². The van der Waals surface area contributed by atoms with Crippen LogP contribution in [0.15, 0.2) is 12.4 Å². The van der Waals surface area contributed by atoms with Crippen molar-refractivity contribution in [3.8, 4) is 0 Å². The third kappa shape index (κ3) is 4.34. The van der Waals surface area contributed by atoms with E-state index in [1.165, 1.54) is 50.6 Å². The van der Waals surface area contributed by atoms with E-state index < -0.39 is 0 Å². The second-order valence-electron chi connectivity index (χ2n) is 5.92. The Morgan fingerprint density at radius 1 is 1.37 bits per heavy atom. The molecule has 1 N–H and O–H groups in total. The summed E-state index contributed by atoms with van der Waals surface area (Å²) in [6, 6.07) is 0. The fraction of sp³-hybridized carbons (Fsp3) is 0.812. The van der Waals surface area contributed by atoms with E-state index in [-0.39, 0.29) is 0 Å². The van der Waals surface area contributed by atoms with Crippen LogP contribution in [0, 0.1) is 11.8 Å². The molecule has 1 aliphatic carbocycles. The number of aryl methyl sites for hydroxylation is 1. The van der Waals surface area contributed by atoms with Crippen LogP contribution in [0.2, 0.25) is 0 Å². The molecule has 0 bridgehead atoms. The average molecular weight is 263 g/mol. The van der Waals surface area contributed by atoms with Gasteiger partial charge in [-0.1, -0.05) is 32.6 Å². The van der Waals surface area contributed by atoms with E-state index in [2.05, 4.69) is 36.7 Å². The largest absolute Gasteiger partial charge is 0.316 e. The molecule has 1 fully saturated rings. The first kappa shape index (κ1) is 14.6. The highest BCUT2D eigenvalue weighted by Gasteiger charge is 2.25. The lowest BCUT2D eigenvalue weighted by atomic mass is 9.86. The highest BCUT2D eigenvalue weighted by molar-refractivity contribution is 5.06. The Morgan fingerprint density at radius 2 is 2.16 bits per heavy atom. The topological polar surface area (TPSA) is 29.9 Å². The summed E-state index contributed by atoms with van der Waals surface area (Å²) in [4.78, 5) is 0. The van der Waals surface area contributed by atoms with Crippen molar-refractivity contribution < 1.29 is 0 Å². The minimum Gasteiger partial charge on any atom is -0.316 e. The predicted octanol–water partition coefficient (Wildman–Crippen LogP) is 3.25. The number of hydrogen-bond acceptors (Lipinski definition) is 2. The maximum Gasteiger partial charge on any atom is 0.0521 e. The summed E-state index contributed by atoms with van der Waals surface area (Å²) in [7, 11) is 0. The van der Waals surface area contributed by atoms with E-state index in [0.29, 0.717) is 0 Å². The summed E-state index contributed by atoms with van der Waals surface area (Å²) in [5.41, 5.74) is 1.41. The Kier molecular flexibility index (Phi) is 5.90. The highest BCUT2D eigenvalue weighted by Crippen LogP contribution is 2.33. The molecule has 3 heteroatoms. The first-order valence-corrected chi connectivity index (χ1v) is 8.05. The van der Waals surface area contributed by atoms with Crippen LogP contribution in [0.5, 0.6) is 0 Å². The van der Waals surface area contributed by atoms with Gasteiger partial charge in [-0.15, -0.1) is 0 Å². The maximum absolute atomic E-state index is 4.41. The molecule has 1 atom stereocenters. The molecule has 0 amide bonds. The molecule has 0 saturated heterocycles. The zero-order valence-corrected chi connectivity index (χ0v) is 12.6. The van der Waals surface area contributed by atoms with Gasteiger partial charge in [-0.2, -0.15) is 5.10 Å². The normalized spacial score (nSPS) is 18.0. The summed E-state index contributed by atoms with van der Waals surface area (Å²) in [6.45, 7) is 7.69. The molecule has 1 aromatic rings. The second kappa shape index (κ2) is 7.68. The number of rotatable bonds is 8. The fourth-order valence-corrected chi connectivity index (χ4v) is 3.29. The Labute approximate surface area is 117 Å². The molecule has 19 heavy (non-hydrogen) atoms. The summed E-state index contributed by atoms with van der Waals surface area (Å²) in [5, 5.41) is 8.03. The molecule has 0 aromatic carbocycles. The van der Waals surface area contributed by atoms with E-state index in [0.717, 1.165) is 24.9 Å². The van der Waals surface area contributed by atoms with Crippen molar-refractivity contribution in [3.63, 3.8) is 0 Å². The Bertz CT molecular complexity index is 353. The molecule has 3 nitrogen and oxygen atoms in total. The summed E-state index contributed by atoms with van der Waals surface area (Å²) < 4.78 is 2.04. The molecule has 108 valence electrons. The van der Waals surface area contributed by atoms with Gasteiger partial charge in [-0.3, -0.25) is 4.68 Å². The third-order valence-corrected chi connectivity index (χ3v) is 4.41. The lowest BCUT2D eigenvalue weighted by Crippen LogP contribution is -2.29. The van der Waals surface area contributed by atoms with Crippen LogP contribution in [-0.4, -0.2) is 22.9 Å². The molecule has 1 saturated carbocycles. The van der Waals surface area contributed by atoms with Crippen molar-refractivity contribution in [2.45, 2.75) is 58.9 Å². The van der Waals surface area contributed by atoms with Gasteiger partial charge in [0.1, 0.15) is 0 Å². The fourth-order valence-electron chi connectivity index (χ4n) is 3.29. The zero-order valence-electron chi connectivity index (χ0n) is 12.6. The monoisotopic (exact) mass is 263 g/mol. The van der Waals surface area contributed by atoms with Gasteiger partial charge in [0.05, 0.1) is 6.20 Å². The van der Waals surface area contributed by atoms with Crippen LogP contribution in [0.1, 0.15) is 51.5 Å². The minimum atomic E-state index is 0.795. The van der Waals surface area contributed by atoms with Gasteiger partial charge < -0.3 is 5.32 Å². The summed E-state index contributed by atoms with van der Waals surface area (Å²) >= 11 is 0. The van der Waals surface area contributed by atoms with Crippen molar-refractivity contribution in [2.24, 2.45) is 11.8 Å². The van der Waals surface area contributed by atoms with Crippen LogP contribution < -0.4 is 5.32 Å². The molecule has 0 spiro atoms. The molecule has 1 heterocycles. The van der Waals surface area contributed by atoms with Gasteiger partial charge in [0.15, 0.2) is 0 Å². The Balaban J connectivity index is 1.91. The number of hydrogen-bond donors (Lipinski definition) is 1. The second-order valence-corrected chi connectivity index (χ2v) is 5.92. The number of aromatic nitrogens is 2. The standard InChI is InChI=1S/C16H29N3/c1-3-9-17-12-16(15-7-5-6-8-15)10-14-11-18-19(4-2)13-14/h11,13,15-17H,3-10,12H2,1-2H3. The van der Waals surface area contributed by atoms with E-state index in [1.54, 1.807) is 0 Å². The zero-order chi connectivity index (χ0) is 13.5. The number of nitrogens with zero attached hydrogens (tertiary/aromatic N) is 2. The molecule has 0 radical (unpaired) electrons. The van der Waals surface area contributed by atoms with Crippen molar-refractivity contribution in [1.29, 1.82) is 0 Å². The third-order valence-electron chi connectivity index (χ3n) is 4.41. The van der Waals surface area contributed by atoms with Crippen LogP contribution >= 0.6 is 0 Å². The number of nitrogens with one attached hydrogen (secondary N) is 1. The first-order chi connectivity index (χ1) is 9.33. The molecular weight excluding hydrogens is 234 g/mol. The van der Waals surface area contributed by atoms with Crippen LogP contribution in [0.4, 0.5) is 0 Å². The van der Waals surface area contributed by atoms with E-state index >= 15 is 0 Å². The molecular formula is C16H29N3. The molecule has 1 aliphatic rings. The van der Waals surface area contributed by atoms with Gasteiger partial charge in [0, 0.05) is 12.7 Å². The van der Waals surface area contributed by atoms with Gasteiger partial charge in [0.2, 0.25) is 0 Å². The molecule has 2 rings (SSSR count). The molecule has 1 aromatic heterocycles. The summed E-state index contributed by atoms with van der Waals surface area (Å²) in [5.74, 6) is 1.72. The van der Waals surface area contributed by atoms with Crippen molar-refractivity contribution >= 4 is 0 Å². The van der Waals surface area contributed by atoms with E-state index in [1.807, 2.05) is 4.68 Å². The molecule has 1 unspecified atom stereocenters. The average Bonchev–Trinajstić information content (AvgIpc) is 3.09. The van der Waals surface area contributed by atoms with Crippen molar-refractivity contribution in [2.75, 3.05) is 13.1 Å².